The third kappa shape index (κ3) is 2.96. The van der Waals surface area contributed by atoms with Crippen LogP contribution in [0.3, 0.4) is 0 Å². The highest BCUT2D eigenvalue weighted by molar-refractivity contribution is 6.34. The third-order valence-corrected chi connectivity index (χ3v) is 3.16. The molecule has 0 aliphatic carbocycles. The van der Waals surface area contributed by atoms with E-state index in [9.17, 15) is 10.1 Å². The van der Waals surface area contributed by atoms with Crippen molar-refractivity contribution in [3.8, 4) is 5.75 Å². The van der Waals surface area contributed by atoms with E-state index in [-0.39, 0.29) is 16.8 Å². The van der Waals surface area contributed by atoms with Crippen molar-refractivity contribution in [2.24, 2.45) is 4.99 Å². The molecule has 1 heterocycles. The molecule has 0 fully saturated rings. The first kappa shape index (κ1) is 13.6. The number of nitro benzene ring substituents is 1. The molecule has 1 aliphatic heterocycles. The van der Waals surface area contributed by atoms with E-state index in [1.807, 2.05) is 6.92 Å². The van der Waals surface area contributed by atoms with Gasteiger partial charge in [-0.05, 0) is 12.5 Å². The monoisotopic (exact) mass is 283 g/mol. The van der Waals surface area contributed by atoms with E-state index in [0.29, 0.717) is 12.2 Å². The van der Waals surface area contributed by atoms with Crippen LogP contribution in [-0.4, -0.2) is 30.0 Å². The molecule has 1 aromatic rings. The number of nitrogens with zero attached hydrogens (tertiary/aromatic N) is 2. The summed E-state index contributed by atoms with van der Waals surface area (Å²) < 4.78 is 5.74. The molecule has 6 nitrogen and oxygen atoms in total. The van der Waals surface area contributed by atoms with Crippen LogP contribution in [0.2, 0.25) is 5.02 Å². The molecule has 0 spiro atoms. The minimum absolute atomic E-state index is 0.0181. The van der Waals surface area contributed by atoms with Gasteiger partial charge in [-0.3, -0.25) is 15.1 Å². The first-order valence-electron chi connectivity index (χ1n) is 6.01. The second-order valence-electron chi connectivity index (χ2n) is 4.05. The van der Waals surface area contributed by atoms with Gasteiger partial charge >= 0.3 is 0 Å². The standard InChI is InChI=1S/C12H14ClN3O3/c1-2-9(12-14-6-7-15-12)19-10-5-3-4-8(11(10)13)16(17)18/h3-5,9H,2,6-7H2,1H3,(H,14,15). The van der Waals surface area contributed by atoms with Gasteiger partial charge in [0.25, 0.3) is 5.69 Å². The average molecular weight is 284 g/mol. The summed E-state index contributed by atoms with van der Waals surface area (Å²) in [6.07, 6.45) is 0.437. The molecule has 1 aromatic carbocycles. The maximum atomic E-state index is 10.8. The minimum Gasteiger partial charge on any atom is -0.481 e. The van der Waals surface area contributed by atoms with Crippen LogP contribution in [0.5, 0.6) is 5.75 Å². The Kier molecular flexibility index (Phi) is 4.21. The molecule has 0 aromatic heterocycles. The molecule has 1 unspecified atom stereocenters. The van der Waals surface area contributed by atoms with Crippen LogP contribution in [0, 0.1) is 10.1 Å². The van der Waals surface area contributed by atoms with Crippen molar-refractivity contribution in [3.05, 3.63) is 33.3 Å². The van der Waals surface area contributed by atoms with E-state index in [1.54, 1.807) is 12.1 Å². The third-order valence-electron chi connectivity index (χ3n) is 2.78. The highest BCUT2D eigenvalue weighted by atomic mass is 35.5. The van der Waals surface area contributed by atoms with Gasteiger partial charge in [-0.25, -0.2) is 0 Å². The van der Waals surface area contributed by atoms with Gasteiger partial charge in [0.2, 0.25) is 0 Å². The number of benzene rings is 1. The largest absolute Gasteiger partial charge is 0.481 e. The second kappa shape index (κ2) is 5.88. The van der Waals surface area contributed by atoms with E-state index < -0.39 is 4.92 Å². The molecule has 0 amide bonds. The maximum Gasteiger partial charge on any atom is 0.291 e. The Morgan fingerprint density at radius 1 is 1.63 bits per heavy atom. The van der Waals surface area contributed by atoms with Crippen molar-refractivity contribution in [1.29, 1.82) is 0 Å². The molecular formula is C12H14ClN3O3. The van der Waals surface area contributed by atoms with Crippen molar-refractivity contribution >= 4 is 23.1 Å². The summed E-state index contributed by atoms with van der Waals surface area (Å²) in [6.45, 7) is 3.47. The minimum atomic E-state index is -0.526. The Hall–Kier alpha value is -1.82. The van der Waals surface area contributed by atoms with Gasteiger partial charge in [-0.15, -0.1) is 0 Å². The quantitative estimate of drug-likeness (QED) is 0.665. The fourth-order valence-electron chi connectivity index (χ4n) is 1.85. The normalized spacial score (nSPS) is 15.6. The lowest BCUT2D eigenvalue weighted by atomic mass is 10.2. The van der Waals surface area contributed by atoms with E-state index in [4.69, 9.17) is 16.3 Å². The Morgan fingerprint density at radius 2 is 2.42 bits per heavy atom. The predicted octanol–water partition coefficient (Wildman–Crippen LogP) is 2.41. The second-order valence-corrected chi connectivity index (χ2v) is 4.43. The van der Waals surface area contributed by atoms with E-state index in [0.717, 1.165) is 18.9 Å². The molecule has 19 heavy (non-hydrogen) atoms. The van der Waals surface area contributed by atoms with Crippen molar-refractivity contribution in [2.45, 2.75) is 19.4 Å². The highest BCUT2D eigenvalue weighted by Gasteiger charge is 2.22. The predicted molar refractivity (Wildman–Crippen MR) is 73.1 cm³/mol. The molecule has 1 aliphatic rings. The lowest BCUT2D eigenvalue weighted by molar-refractivity contribution is -0.384. The highest BCUT2D eigenvalue weighted by Crippen LogP contribution is 2.34. The number of aliphatic imine (C=N–C) groups is 1. The van der Waals surface area contributed by atoms with Crippen LogP contribution in [0.25, 0.3) is 0 Å². The number of ether oxygens (including phenoxy) is 1. The van der Waals surface area contributed by atoms with Crippen molar-refractivity contribution in [2.75, 3.05) is 13.1 Å². The molecule has 102 valence electrons. The summed E-state index contributed by atoms with van der Waals surface area (Å²) in [5, 5.41) is 14.0. The number of halogens is 1. The first-order chi connectivity index (χ1) is 9.13. The van der Waals surface area contributed by atoms with Crippen molar-refractivity contribution in [3.63, 3.8) is 0 Å². The van der Waals surface area contributed by atoms with Crippen LogP contribution in [0.1, 0.15) is 13.3 Å². The zero-order valence-electron chi connectivity index (χ0n) is 10.4. The summed E-state index contributed by atoms with van der Waals surface area (Å²) >= 11 is 5.98. The number of rotatable bonds is 5. The topological polar surface area (TPSA) is 76.8 Å². The Labute approximate surface area is 115 Å². The SMILES string of the molecule is CCC(Oc1cccc([N+](=O)[O-])c1Cl)C1=NCCN1. The molecule has 0 bridgehead atoms. The summed E-state index contributed by atoms with van der Waals surface area (Å²) in [5.74, 6) is 1.07. The van der Waals surface area contributed by atoms with Crippen LogP contribution in [0.4, 0.5) is 5.69 Å². The first-order valence-corrected chi connectivity index (χ1v) is 6.39. The van der Waals surface area contributed by atoms with Gasteiger partial charge in [0.1, 0.15) is 11.6 Å². The molecule has 0 saturated carbocycles. The lowest BCUT2D eigenvalue weighted by Crippen LogP contribution is -2.35. The number of amidine groups is 1. The van der Waals surface area contributed by atoms with Gasteiger partial charge in [0, 0.05) is 12.6 Å². The maximum absolute atomic E-state index is 10.8. The van der Waals surface area contributed by atoms with Crippen LogP contribution in [-0.2, 0) is 0 Å². The average Bonchev–Trinajstić information content (AvgIpc) is 2.91. The molecule has 7 heteroatoms. The molecule has 0 saturated heterocycles. The fourth-order valence-corrected chi connectivity index (χ4v) is 2.09. The summed E-state index contributed by atoms with van der Waals surface area (Å²) in [6, 6.07) is 4.52. The zero-order valence-corrected chi connectivity index (χ0v) is 11.2. The number of hydrogen-bond acceptors (Lipinski definition) is 5. The van der Waals surface area contributed by atoms with E-state index >= 15 is 0 Å². The lowest BCUT2D eigenvalue weighted by Gasteiger charge is -2.18. The number of hydrogen-bond donors (Lipinski definition) is 1. The van der Waals surface area contributed by atoms with Crippen LogP contribution < -0.4 is 10.1 Å². The zero-order chi connectivity index (χ0) is 13.8. The molecule has 1 atom stereocenters. The van der Waals surface area contributed by atoms with Gasteiger partial charge in [-0.2, -0.15) is 0 Å². The summed E-state index contributed by atoms with van der Waals surface area (Å²) in [5.41, 5.74) is -0.157. The smallest absolute Gasteiger partial charge is 0.291 e. The fraction of sp³-hybridized carbons (Fsp3) is 0.417. The molecule has 1 N–H and O–H groups in total. The van der Waals surface area contributed by atoms with E-state index in [1.165, 1.54) is 6.07 Å². The molecule has 0 radical (unpaired) electrons. The Bertz CT molecular complexity index is 519. The van der Waals surface area contributed by atoms with Crippen LogP contribution in [0.15, 0.2) is 23.2 Å². The van der Waals surface area contributed by atoms with Gasteiger partial charge < -0.3 is 10.1 Å². The Balaban J connectivity index is 2.22. The van der Waals surface area contributed by atoms with Gasteiger partial charge in [-0.1, -0.05) is 24.6 Å². The van der Waals surface area contributed by atoms with Gasteiger partial charge in [0.15, 0.2) is 11.1 Å². The van der Waals surface area contributed by atoms with Crippen LogP contribution >= 0.6 is 11.6 Å². The molecular weight excluding hydrogens is 270 g/mol. The number of nitro groups is 1. The number of nitrogens with one attached hydrogen (secondary N) is 1. The van der Waals surface area contributed by atoms with Crippen molar-refractivity contribution < 1.29 is 9.66 Å². The van der Waals surface area contributed by atoms with Gasteiger partial charge in [0.05, 0.1) is 11.5 Å². The molecule has 2 rings (SSSR count). The Morgan fingerprint density at radius 3 is 3.00 bits per heavy atom. The van der Waals surface area contributed by atoms with Crippen molar-refractivity contribution in [1.82, 2.24) is 5.32 Å². The summed E-state index contributed by atoms with van der Waals surface area (Å²) in [4.78, 5) is 14.6. The van der Waals surface area contributed by atoms with E-state index in [2.05, 4.69) is 10.3 Å². The summed E-state index contributed by atoms with van der Waals surface area (Å²) in [7, 11) is 0.